The van der Waals surface area contributed by atoms with Gasteiger partial charge in [0.05, 0.1) is 15.1 Å². The number of hydrogen-bond acceptors (Lipinski definition) is 2. The normalized spacial score (nSPS) is 11.8. The molecule has 0 saturated heterocycles. The van der Waals surface area contributed by atoms with Gasteiger partial charge in [0, 0.05) is 6.04 Å². The lowest BCUT2D eigenvalue weighted by molar-refractivity contribution is 0.476. The fourth-order valence-electron chi connectivity index (χ4n) is 0.593. The Morgan fingerprint density at radius 1 is 0.941 bits per heavy atom. The van der Waals surface area contributed by atoms with Crippen LogP contribution in [0.4, 0.5) is 0 Å². The molecule has 1 aromatic carbocycles. The van der Waals surface area contributed by atoms with Crippen molar-refractivity contribution in [2.24, 2.45) is 5.73 Å². The minimum Gasteiger partial charge on any atom is -0.505 e. The minimum atomic E-state index is -0.363. The molecule has 17 heavy (non-hydrogen) atoms. The summed E-state index contributed by atoms with van der Waals surface area (Å²) >= 11 is 27.9. The second-order valence-corrected chi connectivity index (χ2v) is 5.19. The molecule has 0 saturated carbocycles. The van der Waals surface area contributed by atoms with Crippen LogP contribution in [-0.4, -0.2) is 11.1 Å². The van der Waals surface area contributed by atoms with Crippen molar-refractivity contribution < 1.29 is 5.11 Å². The van der Waals surface area contributed by atoms with Crippen LogP contribution in [0, 0.1) is 0 Å². The monoisotopic (exact) mass is 337 g/mol. The lowest BCUT2D eigenvalue weighted by atomic mass is 10.3. The summed E-state index contributed by atoms with van der Waals surface area (Å²) in [7, 11) is 0. The maximum Gasteiger partial charge on any atom is 0.155 e. The predicted octanol–water partition coefficient (Wildman–Crippen LogP) is 5.40. The highest BCUT2D eigenvalue weighted by atomic mass is 35.5. The summed E-state index contributed by atoms with van der Waals surface area (Å²) in [5.41, 5.74) is 5.29. The van der Waals surface area contributed by atoms with Crippen LogP contribution in [0.2, 0.25) is 25.1 Å². The fourth-order valence-corrected chi connectivity index (χ4v) is 1.72. The van der Waals surface area contributed by atoms with Crippen LogP contribution in [0.25, 0.3) is 0 Å². The SMILES string of the molecule is CCC(C)N.Oc1c(Cl)c(Cl)c(Cl)c(Cl)c1Cl. The van der Waals surface area contributed by atoms with Gasteiger partial charge in [0.2, 0.25) is 0 Å². The maximum absolute atomic E-state index is 9.20. The summed E-state index contributed by atoms with van der Waals surface area (Å²) in [5.74, 6) is -0.363. The molecular formula is C10H12Cl5NO. The van der Waals surface area contributed by atoms with Crippen molar-refractivity contribution in [1.29, 1.82) is 0 Å². The zero-order chi connectivity index (χ0) is 13.7. The number of aromatic hydroxyl groups is 1. The van der Waals surface area contributed by atoms with Crippen LogP contribution < -0.4 is 5.73 Å². The molecule has 0 aliphatic heterocycles. The van der Waals surface area contributed by atoms with E-state index in [1.54, 1.807) is 0 Å². The Hall–Kier alpha value is 0.430. The van der Waals surface area contributed by atoms with Crippen molar-refractivity contribution in [2.75, 3.05) is 0 Å². The summed E-state index contributed by atoms with van der Waals surface area (Å²) in [4.78, 5) is 0. The van der Waals surface area contributed by atoms with Crippen molar-refractivity contribution in [2.45, 2.75) is 26.3 Å². The van der Waals surface area contributed by atoms with E-state index in [2.05, 4.69) is 6.92 Å². The largest absolute Gasteiger partial charge is 0.505 e. The van der Waals surface area contributed by atoms with Crippen LogP contribution in [-0.2, 0) is 0 Å². The quantitative estimate of drug-likeness (QED) is 0.531. The third-order valence-corrected chi connectivity index (χ3v) is 4.09. The third-order valence-electron chi connectivity index (χ3n) is 1.83. The van der Waals surface area contributed by atoms with Crippen LogP contribution >= 0.6 is 58.0 Å². The number of rotatable bonds is 1. The molecule has 0 aromatic heterocycles. The minimum absolute atomic E-state index is 0.00904. The van der Waals surface area contributed by atoms with Crippen LogP contribution in [0.1, 0.15) is 20.3 Å². The van der Waals surface area contributed by atoms with Gasteiger partial charge in [-0.05, 0) is 13.3 Å². The lowest BCUT2D eigenvalue weighted by Gasteiger charge is -2.06. The Balaban J connectivity index is 0.000000437. The molecule has 7 heteroatoms. The molecule has 0 bridgehead atoms. The lowest BCUT2D eigenvalue weighted by Crippen LogP contribution is -2.11. The van der Waals surface area contributed by atoms with E-state index in [0.29, 0.717) is 6.04 Å². The topological polar surface area (TPSA) is 46.2 Å². The van der Waals surface area contributed by atoms with E-state index in [1.807, 2.05) is 6.92 Å². The van der Waals surface area contributed by atoms with Gasteiger partial charge in [-0.2, -0.15) is 0 Å². The second kappa shape index (κ2) is 7.78. The van der Waals surface area contributed by atoms with Gasteiger partial charge in [0.15, 0.2) is 5.75 Å². The van der Waals surface area contributed by atoms with Gasteiger partial charge < -0.3 is 10.8 Å². The number of benzene rings is 1. The number of phenolic OH excluding ortho intramolecular Hbond substituents is 1. The third kappa shape index (κ3) is 4.90. The summed E-state index contributed by atoms with van der Waals surface area (Å²) in [6, 6.07) is 0.384. The van der Waals surface area contributed by atoms with Crippen molar-refractivity contribution in [3.63, 3.8) is 0 Å². The first-order valence-electron chi connectivity index (χ1n) is 4.69. The molecule has 0 radical (unpaired) electrons. The van der Waals surface area contributed by atoms with Gasteiger partial charge in [0.25, 0.3) is 0 Å². The molecule has 1 unspecified atom stereocenters. The molecule has 0 fully saturated rings. The van der Waals surface area contributed by atoms with E-state index in [0.717, 1.165) is 6.42 Å². The average Bonchev–Trinajstić information content (AvgIpc) is 2.32. The number of nitrogens with two attached hydrogens (primary N) is 1. The van der Waals surface area contributed by atoms with E-state index in [1.165, 1.54) is 0 Å². The van der Waals surface area contributed by atoms with Gasteiger partial charge in [-0.3, -0.25) is 0 Å². The molecule has 1 atom stereocenters. The molecule has 0 amide bonds. The first-order valence-corrected chi connectivity index (χ1v) is 6.58. The number of hydrogen-bond donors (Lipinski definition) is 2. The van der Waals surface area contributed by atoms with Gasteiger partial charge in [-0.15, -0.1) is 0 Å². The van der Waals surface area contributed by atoms with Crippen LogP contribution in [0.3, 0.4) is 0 Å². The summed E-state index contributed by atoms with van der Waals surface area (Å²) < 4.78 is 0. The van der Waals surface area contributed by atoms with E-state index in [4.69, 9.17) is 63.7 Å². The first kappa shape index (κ1) is 17.4. The van der Waals surface area contributed by atoms with E-state index in [-0.39, 0.29) is 30.9 Å². The molecule has 0 aliphatic carbocycles. The Bertz CT molecular complexity index is 290. The Morgan fingerprint density at radius 3 is 1.41 bits per heavy atom. The molecule has 1 aromatic rings. The van der Waals surface area contributed by atoms with Gasteiger partial charge in [0.1, 0.15) is 10.0 Å². The fraction of sp³-hybridized carbons (Fsp3) is 0.400. The average molecular weight is 339 g/mol. The second-order valence-electron chi connectivity index (χ2n) is 3.30. The highest BCUT2D eigenvalue weighted by molar-refractivity contribution is 6.55. The van der Waals surface area contributed by atoms with Crippen LogP contribution in [0.15, 0.2) is 0 Å². The predicted molar refractivity (Wildman–Crippen MR) is 77.1 cm³/mol. The molecule has 1 rings (SSSR count). The maximum atomic E-state index is 9.20. The molecule has 2 nitrogen and oxygen atoms in total. The van der Waals surface area contributed by atoms with Crippen LogP contribution in [0.5, 0.6) is 5.75 Å². The van der Waals surface area contributed by atoms with E-state index >= 15 is 0 Å². The molecule has 0 heterocycles. The number of phenols is 1. The number of halogens is 5. The van der Waals surface area contributed by atoms with Gasteiger partial charge >= 0.3 is 0 Å². The van der Waals surface area contributed by atoms with E-state index in [9.17, 15) is 5.11 Å². The van der Waals surface area contributed by atoms with Crippen molar-refractivity contribution >= 4 is 58.0 Å². The van der Waals surface area contributed by atoms with Crippen molar-refractivity contribution in [3.8, 4) is 5.75 Å². The summed E-state index contributed by atoms with van der Waals surface area (Å²) in [6.07, 6.45) is 1.08. The highest BCUT2D eigenvalue weighted by Gasteiger charge is 2.18. The smallest absolute Gasteiger partial charge is 0.155 e. The van der Waals surface area contributed by atoms with E-state index < -0.39 is 0 Å². The summed E-state index contributed by atoms with van der Waals surface area (Å²) in [5, 5.41) is 9.01. The Kier molecular flexibility index (Phi) is 7.97. The molecule has 0 aliphatic rings. The molecular weight excluding hydrogens is 327 g/mol. The zero-order valence-electron chi connectivity index (χ0n) is 9.20. The van der Waals surface area contributed by atoms with Crippen molar-refractivity contribution in [3.05, 3.63) is 25.1 Å². The Morgan fingerprint density at radius 2 is 1.18 bits per heavy atom. The molecule has 3 N–H and O–H groups in total. The Labute approximate surface area is 126 Å². The molecule has 0 spiro atoms. The standard InChI is InChI=1S/C6HCl5O.C4H11N/c7-1-2(8)4(10)6(12)5(11)3(1)9;1-3-4(2)5/h12H;4H,3,5H2,1-2H3. The first-order chi connectivity index (χ1) is 7.73. The molecule has 98 valence electrons. The summed E-state index contributed by atoms with van der Waals surface area (Å²) in [6.45, 7) is 4.07. The highest BCUT2D eigenvalue weighted by Crippen LogP contribution is 2.47. The van der Waals surface area contributed by atoms with Gasteiger partial charge in [-0.25, -0.2) is 0 Å². The zero-order valence-corrected chi connectivity index (χ0v) is 13.0. The van der Waals surface area contributed by atoms with Gasteiger partial charge in [-0.1, -0.05) is 64.9 Å². The van der Waals surface area contributed by atoms with Crippen molar-refractivity contribution in [1.82, 2.24) is 0 Å².